The fourth-order valence-corrected chi connectivity index (χ4v) is 1.96. The van der Waals surface area contributed by atoms with Crippen LogP contribution in [-0.4, -0.2) is 23.5 Å². The summed E-state index contributed by atoms with van der Waals surface area (Å²) in [5, 5.41) is 11.7. The average Bonchev–Trinajstić information content (AvgIpc) is 2.37. The summed E-state index contributed by atoms with van der Waals surface area (Å²) in [7, 11) is 0. The standard InChI is InChI=1S/C15H22N2O3/c1-15(2,9-10-16)8-7-13(18)17-12-6-4-3-5-11(12)14(19)20/h3-6H,7-10,16H2,1-2H3,(H,17,18)(H,19,20). The normalized spacial score (nSPS) is 11.2. The zero-order valence-corrected chi connectivity index (χ0v) is 12.0. The Labute approximate surface area is 119 Å². The predicted molar refractivity (Wildman–Crippen MR) is 78.7 cm³/mol. The highest BCUT2D eigenvalue weighted by Gasteiger charge is 2.19. The first-order valence-corrected chi connectivity index (χ1v) is 6.68. The van der Waals surface area contributed by atoms with Crippen molar-refractivity contribution in [3.63, 3.8) is 0 Å². The molecule has 0 bridgehead atoms. The van der Waals surface area contributed by atoms with Gasteiger partial charge < -0.3 is 16.2 Å². The predicted octanol–water partition coefficient (Wildman–Crippen LogP) is 2.48. The highest BCUT2D eigenvalue weighted by atomic mass is 16.4. The number of amides is 1. The van der Waals surface area contributed by atoms with Gasteiger partial charge in [-0.25, -0.2) is 4.79 Å². The maximum atomic E-state index is 11.9. The Bertz CT molecular complexity index is 484. The monoisotopic (exact) mass is 278 g/mol. The number of hydrogen-bond donors (Lipinski definition) is 3. The van der Waals surface area contributed by atoms with Crippen LogP contribution >= 0.6 is 0 Å². The molecule has 5 heteroatoms. The number of hydrogen-bond acceptors (Lipinski definition) is 3. The van der Waals surface area contributed by atoms with Crippen LogP contribution in [-0.2, 0) is 4.79 Å². The van der Waals surface area contributed by atoms with E-state index in [0.29, 0.717) is 25.1 Å². The third-order valence-electron chi connectivity index (χ3n) is 3.28. The molecule has 0 saturated heterocycles. The van der Waals surface area contributed by atoms with E-state index in [0.717, 1.165) is 6.42 Å². The van der Waals surface area contributed by atoms with Crippen LogP contribution in [0.25, 0.3) is 0 Å². The van der Waals surface area contributed by atoms with Gasteiger partial charge in [-0.05, 0) is 36.9 Å². The summed E-state index contributed by atoms with van der Waals surface area (Å²) in [6.07, 6.45) is 1.91. The molecule has 0 aliphatic heterocycles. The van der Waals surface area contributed by atoms with Gasteiger partial charge in [0.15, 0.2) is 0 Å². The van der Waals surface area contributed by atoms with Gasteiger partial charge in [0.1, 0.15) is 0 Å². The largest absolute Gasteiger partial charge is 0.478 e. The number of aromatic carboxylic acids is 1. The molecule has 1 aromatic carbocycles. The van der Waals surface area contributed by atoms with Gasteiger partial charge in [0.25, 0.3) is 0 Å². The number of anilines is 1. The van der Waals surface area contributed by atoms with Crippen LogP contribution in [0.2, 0.25) is 0 Å². The molecule has 0 unspecified atom stereocenters. The molecule has 4 N–H and O–H groups in total. The highest BCUT2D eigenvalue weighted by Crippen LogP contribution is 2.26. The first kappa shape index (κ1) is 16.2. The molecular formula is C15H22N2O3. The highest BCUT2D eigenvalue weighted by molar-refractivity contribution is 6.00. The minimum absolute atomic E-state index is 0.0123. The summed E-state index contributed by atoms with van der Waals surface area (Å²) in [6, 6.07) is 6.38. The van der Waals surface area contributed by atoms with E-state index in [4.69, 9.17) is 10.8 Å². The van der Waals surface area contributed by atoms with E-state index in [1.54, 1.807) is 18.2 Å². The van der Waals surface area contributed by atoms with Crippen molar-refractivity contribution in [1.82, 2.24) is 0 Å². The van der Waals surface area contributed by atoms with Crippen LogP contribution in [0, 0.1) is 5.41 Å². The fourth-order valence-electron chi connectivity index (χ4n) is 1.96. The lowest BCUT2D eigenvalue weighted by atomic mass is 9.84. The zero-order chi connectivity index (χ0) is 15.2. The van der Waals surface area contributed by atoms with Crippen molar-refractivity contribution in [3.8, 4) is 0 Å². The minimum Gasteiger partial charge on any atom is -0.478 e. The van der Waals surface area contributed by atoms with Crippen LogP contribution in [0.3, 0.4) is 0 Å². The summed E-state index contributed by atoms with van der Waals surface area (Å²) >= 11 is 0. The lowest BCUT2D eigenvalue weighted by Crippen LogP contribution is -2.21. The van der Waals surface area contributed by atoms with E-state index >= 15 is 0 Å². The molecule has 0 aromatic heterocycles. The Hall–Kier alpha value is -1.88. The molecule has 0 fully saturated rings. The smallest absolute Gasteiger partial charge is 0.337 e. The zero-order valence-electron chi connectivity index (χ0n) is 12.0. The topological polar surface area (TPSA) is 92.4 Å². The Balaban J connectivity index is 2.61. The third-order valence-corrected chi connectivity index (χ3v) is 3.28. The van der Waals surface area contributed by atoms with Gasteiger partial charge in [-0.1, -0.05) is 26.0 Å². The van der Waals surface area contributed by atoms with Crippen molar-refractivity contribution >= 4 is 17.6 Å². The molecule has 0 radical (unpaired) electrons. The number of rotatable bonds is 7. The maximum absolute atomic E-state index is 11.9. The minimum atomic E-state index is -1.05. The molecular weight excluding hydrogens is 256 g/mol. The number of nitrogens with one attached hydrogen (secondary N) is 1. The molecule has 110 valence electrons. The lowest BCUT2D eigenvalue weighted by molar-refractivity contribution is -0.116. The second-order valence-corrected chi connectivity index (χ2v) is 5.60. The molecule has 0 saturated carbocycles. The number of carboxylic acids is 1. The van der Waals surface area contributed by atoms with E-state index in [1.165, 1.54) is 6.07 Å². The van der Waals surface area contributed by atoms with Crippen LogP contribution in [0.1, 0.15) is 43.5 Å². The second kappa shape index (κ2) is 7.05. The van der Waals surface area contributed by atoms with Crippen molar-refractivity contribution in [3.05, 3.63) is 29.8 Å². The van der Waals surface area contributed by atoms with Crippen LogP contribution in [0.15, 0.2) is 24.3 Å². The Kier molecular flexibility index (Phi) is 5.70. The van der Waals surface area contributed by atoms with Crippen molar-refractivity contribution in [1.29, 1.82) is 0 Å². The Morgan fingerprint density at radius 2 is 1.90 bits per heavy atom. The van der Waals surface area contributed by atoms with Crippen molar-refractivity contribution in [2.75, 3.05) is 11.9 Å². The molecule has 0 atom stereocenters. The van der Waals surface area contributed by atoms with Gasteiger partial charge in [-0.2, -0.15) is 0 Å². The van der Waals surface area contributed by atoms with E-state index in [-0.39, 0.29) is 16.9 Å². The molecule has 0 aliphatic carbocycles. The molecule has 1 amide bonds. The summed E-state index contributed by atoms with van der Waals surface area (Å²) in [6.45, 7) is 4.73. The van der Waals surface area contributed by atoms with Crippen LogP contribution in [0.5, 0.6) is 0 Å². The first-order chi connectivity index (χ1) is 9.35. The molecule has 1 aromatic rings. The summed E-state index contributed by atoms with van der Waals surface area (Å²) in [5.41, 5.74) is 5.98. The first-order valence-electron chi connectivity index (χ1n) is 6.68. The molecule has 5 nitrogen and oxygen atoms in total. The number of para-hydroxylation sites is 1. The fraction of sp³-hybridized carbons (Fsp3) is 0.467. The lowest BCUT2D eigenvalue weighted by Gasteiger charge is -2.23. The van der Waals surface area contributed by atoms with Crippen molar-refractivity contribution in [2.24, 2.45) is 11.1 Å². The summed E-state index contributed by atoms with van der Waals surface area (Å²) < 4.78 is 0. The van der Waals surface area contributed by atoms with Crippen LogP contribution < -0.4 is 11.1 Å². The van der Waals surface area contributed by atoms with Gasteiger partial charge in [0.05, 0.1) is 11.3 Å². The van der Waals surface area contributed by atoms with Gasteiger partial charge in [0.2, 0.25) is 5.91 Å². The summed E-state index contributed by atoms with van der Waals surface area (Å²) in [5.74, 6) is -1.23. The Morgan fingerprint density at radius 3 is 2.50 bits per heavy atom. The van der Waals surface area contributed by atoms with Gasteiger partial charge in [-0.15, -0.1) is 0 Å². The van der Waals surface area contributed by atoms with Crippen molar-refractivity contribution in [2.45, 2.75) is 33.1 Å². The number of carbonyl (C=O) groups excluding carboxylic acids is 1. The maximum Gasteiger partial charge on any atom is 0.337 e. The molecule has 1 rings (SSSR count). The van der Waals surface area contributed by atoms with E-state index < -0.39 is 5.97 Å². The number of benzene rings is 1. The third kappa shape index (κ3) is 5.01. The van der Waals surface area contributed by atoms with Crippen molar-refractivity contribution < 1.29 is 14.7 Å². The van der Waals surface area contributed by atoms with Gasteiger partial charge in [0, 0.05) is 6.42 Å². The average molecular weight is 278 g/mol. The molecule has 0 aliphatic rings. The number of nitrogens with two attached hydrogens (primary N) is 1. The SMILES string of the molecule is CC(C)(CCN)CCC(=O)Nc1ccccc1C(=O)O. The Morgan fingerprint density at radius 1 is 1.25 bits per heavy atom. The quantitative estimate of drug-likeness (QED) is 0.714. The van der Waals surface area contributed by atoms with E-state index in [1.807, 2.05) is 0 Å². The van der Waals surface area contributed by atoms with Gasteiger partial charge >= 0.3 is 5.97 Å². The van der Waals surface area contributed by atoms with Crippen LogP contribution in [0.4, 0.5) is 5.69 Å². The van der Waals surface area contributed by atoms with Gasteiger partial charge in [-0.3, -0.25) is 4.79 Å². The number of carboxylic acid groups (broad SMARTS) is 1. The summed E-state index contributed by atoms with van der Waals surface area (Å²) in [4.78, 5) is 22.9. The number of carbonyl (C=O) groups is 2. The van der Waals surface area contributed by atoms with E-state index in [2.05, 4.69) is 19.2 Å². The second-order valence-electron chi connectivity index (χ2n) is 5.60. The molecule has 0 heterocycles. The molecule has 0 spiro atoms. The molecule has 20 heavy (non-hydrogen) atoms. The van der Waals surface area contributed by atoms with E-state index in [9.17, 15) is 9.59 Å².